The van der Waals surface area contributed by atoms with Crippen molar-refractivity contribution in [3.63, 3.8) is 0 Å². The fraction of sp³-hybridized carbons (Fsp3) is 0.444. The molecule has 5 rings (SSSR count). The van der Waals surface area contributed by atoms with Gasteiger partial charge >= 0.3 is 12.4 Å². The summed E-state index contributed by atoms with van der Waals surface area (Å²) >= 11 is 0. The number of fused-ring (bicyclic) bond motifs is 1. The van der Waals surface area contributed by atoms with Gasteiger partial charge in [-0.1, -0.05) is 18.2 Å². The molecule has 2 aliphatic rings. The van der Waals surface area contributed by atoms with Crippen LogP contribution in [0.3, 0.4) is 0 Å². The van der Waals surface area contributed by atoms with E-state index in [1.807, 2.05) is 30.5 Å². The van der Waals surface area contributed by atoms with Crippen LogP contribution in [0.1, 0.15) is 33.5 Å². The highest BCUT2D eigenvalue weighted by molar-refractivity contribution is 5.95. The van der Waals surface area contributed by atoms with Crippen LogP contribution >= 0.6 is 0 Å². The number of nitrogens with one attached hydrogen (secondary N) is 1. The molecule has 39 heavy (non-hydrogen) atoms. The monoisotopic (exact) mass is 555 g/mol. The van der Waals surface area contributed by atoms with Crippen LogP contribution in [0.15, 0.2) is 48.7 Å². The van der Waals surface area contributed by atoms with Gasteiger partial charge in [-0.05, 0) is 36.2 Å². The molecule has 2 aromatic carbocycles. The minimum Gasteiger partial charge on any atom is -0.361 e. The average molecular weight is 556 g/mol. The third-order valence-corrected chi connectivity index (χ3v) is 7.16. The Kier molecular flexibility index (Phi) is 7.62. The highest BCUT2D eigenvalue weighted by atomic mass is 19.4. The number of piperazine rings is 1. The number of amides is 1. The average Bonchev–Trinajstić information content (AvgIpc) is 3.56. The molecule has 1 N–H and O–H groups in total. The molecule has 6 nitrogen and oxygen atoms in total. The second-order valence-electron chi connectivity index (χ2n) is 9.77. The molecule has 0 saturated carbocycles. The molecule has 12 heteroatoms. The molecule has 1 atom stereocenters. The standard InChI is InChI=1S/C27H27F6N3O3/c28-26(29,30)19-11-17(12-20(14-19)27(31,32)33)25(37)36-8-7-35(6-5-24-38-9-10-39-24)16-21(36)13-18-15-34-23-4-2-1-3-22(18)23/h1-4,11-12,14-15,21,24,34H,5-10,13,16H2/t21-/m1/s1. The van der Waals surface area contributed by atoms with Gasteiger partial charge in [-0.15, -0.1) is 0 Å². The maximum atomic E-state index is 13.6. The lowest BCUT2D eigenvalue weighted by atomic mass is 9.98. The number of carbonyl (C=O) groups is 1. The van der Waals surface area contributed by atoms with Crippen LogP contribution in [-0.2, 0) is 28.2 Å². The number of aromatic nitrogens is 1. The van der Waals surface area contributed by atoms with Crippen molar-refractivity contribution >= 4 is 16.8 Å². The molecule has 0 aliphatic carbocycles. The van der Waals surface area contributed by atoms with Gasteiger partial charge in [0.05, 0.1) is 24.3 Å². The number of para-hydroxylation sites is 1. The highest BCUT2D eigenvalue weighted by Gasteiger charge is 2.39. The van der Waals surface area contributed by atoms with Gasteiger partial charge in [-0.25, -0.2) is 0 Å². The molecule has 1 amide bonds. The predicted octanol–water partition coefficient (Wildman–Crippen LogP) is 5.34. The lowest BCUT2D eigenvalue weighted by Gasteiger charge is -2.42. The number of carbonyl (C=O) groups excluding carboxylic acids is 1. The number of nitrogens with zero attached hydrogens (tertiary/aromatic N) is 2. The van der Waals surface area contributed by atoms with Crippen molar-refractivity contribution in [1.82, 2.24) is 14.8 Å². The van der Waals surface area contributed by atoms with Crippen molar-refractivity contribution in [1.29, 1.82) is 0 Å². The van der Waals surface area contributed by atoms with E-state index in [9.17, 15) is 31.1 Å². The molecule has 2 fully saturated rings. The molecule has 0 bridgehead atoms. The first-order valence-electron chi connectivity index (χ1n) is 12.6. The summed E-state index contributed by atoms with van der Waals surface area (Å²) in [7, 11) is 0. The molecule has 1 aromatic heterocycles. The molecule has 2 saturated heterocycles. The largest absolute Gasteiger partial charge is 0.416 e. The second kappa shape index (κ2) is 10.8. The topological polar surface area (TPSA) is 57.8 Å². The van der Waals surface area contributed by atoms with Gasteiger partial charge in [-0.3, -0.25) is 9.69 Å². The van der Waals surface area contributed by atoms with E-state index in [1.54, 1.807) is 0 Å². The summed E-state index contributed by atoms with van der Waals surface area (Å²) in [4.78, 5) is 20.2. The van der Waals surface area contributed by atoms with E-state index < -0.39 is 41.0 Å². The lowest BCUT2D eigenvalue weighted by molar-refractivity contribution is -0.143. The summed E-state index contributed by atoms with van der Waals surface area (Å²) in [6.45, 7) is 2.60. The van der Waals surface area contributed by atoms with Crippen LogP contribution in [0.4, 0.5) is 26.3 Å². The zero-order valence-corrected chi connectivity index (χ0v) is 20.8. The Hall–Kier alpha value is -3.09. The first-order chi connectivity index (χ1) is 18.5. The Bertz CT molecular complexity index is 1280. The van der Waals surface area contributed by atoms with Crippen LogP contribution in [-0.4, -0.2) is 72.4 Å². The predicted molar refractivity (Wildman–Crippen MR) is 130 cm³/mol. The lowest BCUT2D eigenvalue weighted by Crippen LogP contribution is -2.56. The van der Waals surface area contributed by atoms with Crippen molar-refractivity contribution in [2.24, 2.45) is 0 Å². The molecular formula is C27H27F6N3O3. The van der Waals surface area contributed by atoms with Gasteiger partial charge in [-0.2, -0.15) is 26.3 Å². The van der Waals surface area contributed by atoms with Crippen LogP contribution in [0.2, 0.25) is 0 Å². The maximum Gasteiger partial charge on any atom is 0.416 e. The first-order valence-corrected chi connectivity index (χ1v) is 12.6. The van der Waals surface area contributed by atoms with E-state index >= 15 is 0 Å². The molecule has 3 aromatic rings. The van der Waals surface area contributed by atoms with Crippen LogP contribution < -0.4 is 0 Å². The Morgan fingerprint density at radius 3 is 2.28 bits per heavy atom. The Morgan fingerprint density at radius 2 is 1.62 bits per heavy atom. The van der Waals surface area contributed by atoms with Gasteiger partial charge in [0.2, 0.25) is 0 Å². The Balaban J connectivity index is 1.43. The molecular weight excluding hydrogens is 528 g/mol. The third-order valence-electron chi connectivity index (χ3n) is 7.16. The fourth-order valence-electron chi connectivity index (χ4n) is 5.23. The van der Waals surface area contributed by atoms with Crippen molar-refractivity contribution in [2.75, 3.05) is 39.4 Å². The van der Waals surface area contributed by atoms with E-state index in [2.05, 4.69) is 9.88 Å². The van der Waals surface area contributed by atoms with Gasteiger partial charge in [0.25, 0.3) is 5.91 Å². The first kappa shape index (κ1) is 27.5. The number of aromatic amines is 1. The number of alkyl halides is 6. The molecule has 210 valence electrons. The number of hydrogen-bond acceptors (Lipinski definition) is 4. The van der Waals surface area contributed by atoms with Crippen LogP contribution in [0, 0.1) is 0 Å². The molecule has 0 spiro atoms. The number of halogens is 6. The Morgan fingerprint density at radius 1 is 0.949 bits per heavy atom. The van der Waals surface area contributed by atoms with E-state index in [0.717, 1.165) is 16.5 Å². The Labute approximate surface area is 220 Å². The van der Waals surface area contributed by atoms with E-state index in [0.29, 0.717) is 57.8 Å². The van der Waals surface area contributed by atoms with Crippen molar-refractivity contribution in [2.45, 2.75) is 37.5 Å². The van der Waals surface area contributed by atoms with Crippen LogP contribution in [0.5, 0.6) is 0 Å². The second-order valence-corrected chi connectivity index (χ2v) is 9.77. The summed E-state index contributed by atoms with van der Waals surface area (Å²) in [5.41, 5.74) is -1.87. The van der Waals surface area contributed by atoms with Crippen LogP contribution in [0.25, 0.3) is 10.9 Å². The van der Waals surface area contributed by atoms with E-state index in [-0.39, 0.29) is 18.9 Å². The van der Waals surface area contributed by atoms with E-state index in [4.69, 9.17) is 9.47 Å². The summed E-state index contributed by atoms with van der Waals surface area (Å²) in [6, 6.07) is 8.12. The molecule has 3 heterocycles. The maximum absolute atomic E-state index is 13.6. The van der Waals surface area contributed by atoms with Gasteiger partial charge in [0, 0.05) is 61.3 Å². The van der Waals surface area contributed by atoms with E-state index in [1.165, 1.54) is 4.90 Å². The summed E-state index contributed by atoms with van der Waals surface area (Å²) in [5.74, 6) is -0.862. The van der Waals surface area contributed by atoms with Crippen molar-refractivity contribution in [3.8, 4) is 0 Å². The molecule has 0 radical (unpaired) electrons. The van der Waals surface area contributed by atoms with Gasteiger partial charge in [0.15, 0.2) is 6.29 Å². The number of rotatable bonds is 6. The summed E-state index contributed by atoms with van der Waals surface area (Å²) in [5, 5.41) is 0.938. The SMILES string of the molecule is O=C(c1cc(C(F)(F)F)cc(C(F)(F)F)c1)N1CCN(CCC2OCCO2)C[C@H]1Cc1c[nH]c2ccccc12. The zero-order valence-electron chi connectivity index (χ0n) is 20.8. The fourth-order valence-corrected chi connectivity index (χ4v) is 5.23. The smallest absolute Gasteiger partial charge is 0.361 e. The third kappa shape index (κ3) is 6.23. The minimum absolute atomic E-state index is 0.0330. The summed E-state index contributed by atoms with van der Waals surface area (Å²) < 4.78 is 91.8. The number of ether oxygens (including phenoxy) is 2. The zero-order chi connectivity index (χ0) is 27.8. The number of hydrogen-bond donors (Lipinski definition) is 1. The highest BCUT2D eigenvalue weighted by Crippen LogP contribution is 2.37. The quantitative estimate of drug-likeness (QED) is 0.418. The normalized spacial score (nSPS) is 19.7. The van der Waals surface area contributed by atoms with Crippen molar-refractivity contribution in [3.05, 3.63) is 70.9 Å². The van der Waals surface area contributed by atoms with Gasteiger partial charge < -0.3 is 19.4 Å². The molecule has 2 aliphatic heterocycles. The van der Waals surface area contributed by atoms with Gasteiger partial charge in [0.1, 0.15) is 0 Å². The number of H-pyrrole nitrogens is 1. The summed E-state index contributed by atoms with van der Waals surface area (Å²) in [6.07, 6.45) is -7.60. The van der Waals surface area contributed by atoms with Crippen molar-refractivity contribution < 1.29 is 40.6 Å². The number of benzene rings is 2. The minimum atomic E-state index is -5.04. The molecule has 0 unspecified atom stereocenters.